The lowest BCUT2D eigenvalue weighted by Gasteiger charge is -2.09. The van der Waals surface area contributed by atoms with Crippen LogP contribution in [0.3, 0.4) is 0 Å². The highest BCUT2D eigenvalue weighted by Gasteiger charge is 2.02. The molecule has 0 radical (unpaired) electrons. The Balaban J connectivity index is 2.23. The second kappa shape index (κ2) is 8.06. The van der Waals surface area contributed by atoms with E-state index in [4.69, 9.17) is 4.74 Å². The first kappa shape index (κ1) is 14.9. The lowest BCUT2D eigenvalue weighted by molar-refractivity contribution is 0.385. The van der Waals surface area contributed by atoms with Gasteiger partial charge < -0.3 is 15.4 Å². The maximum absolute atomic E-state index is 13.2. The molecule has 1 aromatic carbocycles. The first-order valence-electron chi connectivity index (χ1n) is 6.37. The Kier molecular flexibility index (Phi) is 6.68. The van der Waals surface area contributed by atoms with Crippen molar-refractivity contribution in [2.45, 2.75) is 20.4 Å². The number of methoxy groups -OCH3 is 1. The van der Waals surface area contributed by atoms with E-state index in [1.165, 1.54) is 13.2 Å². The molecule has 0 aromatic heterocycles. The molecule has 0 atom stereocenters. The quantitative estimate of drug-likeness (QED) is 0.698. The van der Waals surface area contributed by atoms with Gasteiger partial charge in [-0.1, -0.05) is 19.9 Å². The standard InChI is InChI=1S/C14H23FN2O/c1-11(2)9-16-6-7-17-10-12-4-5-13(15)14(8-12)18-3/h4-5,8,11,16-17H,6-7,9-10H2,1-3H3. The van der Waals surface area contributed by atoms with Crippen molar-refractivity contribution in [2.24, 2.45) is 5.92 Å². The molecule has 0 bridgehead atoms. The molecule has 0 fully saturated rings. The van der Waals surface area contributed by atoms with Crippen LogP contribution in [-0.2, 0) is 6.54 Å². The molecule has 0 aliphatic carbocycles. The maximum atomic E-state index is 13.2. The molecule has 1 aromatic rings. The van der Waals surface area contributed by atoms with Crippen LogP contribution >= 0.6 is 0 Å². The van der Waals surface area contributed by atoms with Crippen LogP contribution in [0.4, 0.5) is 4.39 Å². The van der Waals surface area contributed by atoms with Gasteiger partial charge in [0.2, 0.25) is 0 Å². The Morgan fingerprint density at radius 2 is 1.94 bits per heavy atom. The zero-order chi connectivity index (χ0) is 13.4. The van der Waals surface area contributed by atoms with Crippen molar-refractivity contribution in [1.82, 2.24) is 10.6 Å². The molecule has 0 saturated heterocycles. The molecular weight excluding hydrogens is 231 g/mol. The molecule has 0 aliphatic rings. The highest BCUT2D eigenvalue weighted by Crippen LogP contribution is 2.17. The summed E-state index contributed by atoms with van der Waals surface area (Å²) in [6.07, 6.45) is 0. The molecule has 102 valence electrons. The minimum absolute atomic E-state index is 0.298. The van der Waals surface area contributed by atoms with Crippen molar-refractivity contribution in [2.75, 3.05) is 26.7 Å². The number of hydrogen-bond donors (Lipinski definition) is 2. The highest BCUT2D eigenvalue weighted by atomic mass is 19.1. The van der Waals surface area contributed by atoms with Crippen LogP contribution in [0, 0.1) is 11.7 Å². The summed E-state index contributed by atoms with van der Waals surface area (Å²) in [5, 5.41) is 6.66. The first-order chi connectivity index (χ1) is 8.63. The zero-order valence-corrected chi connectivity index (χ0v) is 11.4. The molecular formula is C14H23FN2O. The fourth-order valence-corrected chi connectivity index (χ4v) is 1.61. The Bertz CT molecular complexity index is 356. The summed E-state index contributed by atoms with van der Waals surface area (Å²) in [4.78, 5) is 0. The molecule has 1 rings (SSSR count). The summed E-state index contributed by atoms with van der Waals surface area (Å²) in [5.41, 5.74) is 1.03. The molecule has 3 nitrogen and oxygen atoms in total. The largest absolute Gasteiger partial charge is 0.494 e. The van der Waals surface area contributed by atoms with Gasteiger partial charge in [-0.25, -0.2) is 4.39 Å². The van der Waals surface area contributed by atoms with E-state index in [1.54, 1.807) is 12.1 Å². The van der Waals surface area contributed by atoms with Crippen molar-refractivity contribution in [1.29, 1.82) is 0 Å². The summed E-state index contributed by atoms with van der Waals surface area (Å²) in [6.45, 7) is 7.96. The smallest absolute Gasteiger partial charge is 0.165 e. The van der Waals surface area contributed by atoms with E-state index >= 15 is 0 Å². The van der Waals surface area contributed by atoms with E-state index in [2.05, 4.69) is 24.5 Å². The summed E-state index contributed by atoms with van der Waals surface area (Å²) in [5.74, 6) is 0.651. The van der Waals surface area contributed by atoms with Crippen LogP contribution in [0.25, 0.3) is 0 Å². The van der Waals surface area contributed by atoms with Crippen molar-refractivity contribution in [3.8, 4) is 5.75 Å². The molecule has 0 saturated carbocycles. The van der Waals surface area contributed by atoms with Crippen molar-refractivity contribution < 1.29 is 9.13 Å². The topological polar surface area (TPSA) is 33.3 Å². The van der Waals surface area contributed by atoms with E-state index in [9.17, 15) is 4.39 Å². The molecule has 0 aliphatic heterocycles. The van der Waals surface area contributed by atoms with Crippen LogP contribution < -0.4 is 15.4 Å². The van der Waals surface area contributed by atoms with Crippen molar-refractivity contribution in [3.05, 3.63) is 29.6 Å². The van der Waals surface area contributed by atoms with Crippen LogP contribution in [0.15, 0.2) is 18.2 Å². The Morgan fingerprint density at radius 3 is 2.61 bits per heavy atom. The number of nitrogens with one attached hydrogen (secondary N) is 2. The molecule has 18 heavy (non-hydrogen) atoms. The van der Waals surface area contributed by atoms with Gasteiger partial charge in [0.25, 0.3) is 0 Å². The van der Waals surface area contributed by atoms with Gasteiger partial charge in [-0.15, -0.1) is 0 Å². The Hall–Kier alpha value is -1.13. The molecule has 2 N–H and O–H groups in total. The fourth-order valence-electron chi connectivity index (χ4n) is 1.61. The zero-order valence-electron chi connectivity index (χ0n) is 11.4. The third-order valence-corrected chi connectivity index (χ3v) is 2.58. The average Bonchev–Trinajstić information content (AvgIpc) is 2.35. The number of hydrogen-bond acceptors (Lipinski definition) is 3. The van der Waals surface area contributed by atoms with Crippen LogP contribution in [0.5, 0.6) is 5.75 Å². The van der Waals surface area contributed by atoms with Crippen LogP contribution in [-0.4, -0.2) is 26.7 Å². The molecule has 0 spiro atoms. The van der Waals surface area contributed by atoms with E-state index in [0.717, 1.165) is 31.7 Å². The minimum Gasteiger partial charge on any atom is -0.494 e. The normalized spacial score (nSPS) is 10.9. The fraction of sp³-hybridized carbons (Fsp3) is 0.571. The predicted octanol–water partition coefficient (Wildman–Crippen LogP) is 2.17. The number of ether oxygens (including phenoxy) is 1. The summed E-state index contributed by atoms with van der Waals surface area (Å²) >= 11 is 0. The molecule has 0 unspecified atom stereocenters. The maximum Gasteiger partial charge on any atom is 0.165 e. The Morgan fingerprint density at radius 1 is 1.22 bits per heavy atom. The van der Waals surface area contributed by atoms with Gasteiger partial charge in [-0.05, 0) is 30.2 Å². The van der Waals surface area contributed by atoms with Crippen molar-refractivity contribution >= 4 is 0 Å². The van der Waals surface area contributed by atoms with Crippen LogP contribution in [0.2, 0.25) is 0 Å². The number of benzene rings is 1. The monoisotopic (exact) mass is 254 g/mol. The minimum atomic E-state index is -0.320. The van der Waals surface area contributed by atoms with Gasteiger partial charge in [0.05, 0.1) is 7.11 Å². The van der Waals surface area contributed by atoms with Gasteiger partial charge in [0.15, 0.2) is 11.6 Å². The highest BCUT2D eigenvalue weighted by molar-refractivity contribution is 5.30. The third kappa shape index (κ3) is 5.47. The predicted molar refractivity (Wildman–Crippen MR) is 72.4 cm³/mol. The number of rotatable bonds is 8. The second-order valence-corrected chi connectivity index (χ2v) is 4.74. The lowest BCUT2D eigenvalue weighted by atomic mass is 10.2. The average molecular weight is 254 g/mol. The first-order valence-corrected chi connectivity index (χ1v) is 6.37. The van der Waals surface area contributed by atoms with Crippen LogP contribution in [0.1, 0.15) is 19.4 Å². The number of halogens is 1. The third-order valence-electron chi connectivity index (χ3n) is 2.58. The molecule has 0 amide bonds. The van der Waals surface area contributed by atoms with Gasteiger partial charge in [-0.3, -0.25) is 0 Å². The Labute approximate surface area is 109 Å². The second-order valence-electron chi connectivity index (χ2n) is 4.74. The van der Waals surface area contributed by atoms with Gasteiger partial charge >= 0.3 is 0 Å². The SMILES string of the molecule is COc1cc(CNCCNCC(C)C)ccc1F. The van der Waals surface area contributed by atoms with E-state index in [1.807, 2.05) is 0 Å². The molecule has 4 heteroatoms. The van der Waals surface area contributed by atoms with Gasteiger partial charge in [-0.2, -0.15) is 0 Å². The van der Waals surface area contributed by atoms with E-state index < -0.39 is 0 Å². The summed E-state index contributed by atoms with van der Waals surface area (Å²) in [7, 11) is 1.48. The lowest BCUT2D eigenvalue weighted by Crippen LogP contribution is -2.29. The van der Waals surface area contributed by atoms with Crippen molar-refractivity contribution in [3.63, 3.8) is 0 Å². The van der Waals surface area contributed by atoms with Gasteiger partial charge in [0, 0.05) is 19.6 Å². The van der Waals surface area contributed by atoms with E-state index in [0.29, 0.717) is 11.7 Å². The summed E-state index contributed by atoms with van der Waals surface area (Å²) in [6, 6.07) is 4.93. The molecule has 0 heterocycles. The summed E-state index contributed by atoms with van der Waals surface area (Å²) < 4.78 is 18.1. The van der Waals surface area contributed by atoms with Gasteiger partial charge in [0.1, 0.15) is 0 Å². The van der Waals surface area contributed by atoms with E-state index in [-0.39, 0.29) is 5.82 Å².